The highest BCUT2D eigenvalue weighted by molar-refractivity contribution is 9.10. The summed E-state index contributed by atoms with van der Waals surface area (Å²) in [7, 11) is 0. The fourth-order valence-corrected chi connectivity index (χ4v) is 3.79. The number of nitrogens with one attached hydrogen (secondary N) is 1. The second-order valence-electron chi connectivity index (χ2n) is 7.44. The summed E-state index contributed by atoms with van der Waals surface area (Å²) in [6.45, 7) is 4.57. The first kappa shape index (κ1) is 22.4. The van der Waals surface area contributed by atoms with Crippen LogP contribution in [0.3, 0.4) is 0 Å². The zero-order chi connectivity index (χ0) is 21.5. The maximum absolute atomic E-state index is 13.4. The smallest absolute Gasteiger partial charge is 0.237 e. The summed E-state index contributed by atoms with van der Waals surface area (Å²) in [5, 5.41) is 2.86. The number of halogens is 2. The zero-order valence-electron chi connectivity index (χ0n) is 17.0. The van der Waals surface area contributed by atoms with E-state index < -0.39 is 0 Å². The van der Waals surface area contributed by atoms with Crippen molar-refractivity contribution < 1.29 is 14.0 Å². The van der Waals surface area contributed by atoms with Crippen molar-refractivity contribution >= 4 is 33.6 Å². The van der Waals surface area contributed by atoms with Crippen LogP contribution < -0.4 is 5.32 Å². The number of piperidine rings is 1. The third kappa shape index (κ3) is 6.34. The predicted molar refractivity (Wildman–Crippen MR) is 117 cm³/mol. The second kappa shape index (κ2) is 10.6. The minimum Gasteiger partial charge on any atom is -0.338 e. The van der Waals surface area contributed by atoms with E-state index in [-0.39, 0.29) is 23.5 Å². The van der Waals surface area contributed by atoms with Gasteiger partial charge in [0.2, 0.25) is 11.8 Å². The Bertz CT molecular complexity index is 870. The van der Waals surface area contributed by atoms with E-state index in [1.165, 1.54) is 12.1 Å². The molecule has 2 amide bonds. The summed E-state index contributed by atoms with van der Waals surface area (Å²) in [6.07, 6.45) is 3.05. The molecule has 1 fully saturated rings. The number of benzene rings is 1. The molecule has 8 heteroatoms. The molecule has 0 radical (unpaired) electrons. The molecule has 0 spiro atoms. The number of anilines is 1. The Kier molecular flexibility index (Phi) is 7.93. The fourth-order valence-electron chi connectivity index (χ4n) is 3.55. The van der Waals surface area contributed by atoms with Crippen LogP contribution in [0.25, 0.3) is 0 Å². The van der Waals surface area contributed by atoms with Crippen LogP contribution in [0.15, 0.2) is 47.1 Å². The zero-order valence-corrected chi connectivity index (χ0v) is 18.6. The molecular weight excluding hydrogens is 451 g/mol. The number of carbonyl (C=O) groups excluding carboxylic acids is 2. The van der Waals surface area contributed by atoms with Crippen molar-refractivity contribution in [3.05, 3.63) is 58.4 Å². The van der Waals surface area contributed by atoms with Gasteiger partial charge in [-0.05, 0) is 78.6 Å². The Balaban J connectivity index is 1.46. The normalized spacial score (nSPS) is 15.0. The molecule has 160 valence electrons. The molecule has 0 bridgehead atoms. The average molecular weight is 477 g/mol. The van der Waals surface area contributed by atoms with Crippen molar-refractivity contribution in [2.24, 2.45) is 5.92 Å². The standard InChI is InChI=1S/C22H26BrFN4O2/c1-2-28(14-16-4-3-5-19(24)12-16)21(29)15-27-10-8-17(9-11-27)22(30)26-20-7-6-18(23)13-25-20/h3-7,12-13,17H,2,8-11,14-15H2,1H3,(H,25,26,30). The van der Waals surface area contributed by atoms with Crippen LogP contribution in [-0.4, -0.2) is 52.8 Å². The van der Waals surface area contributed by atoms with Gasteiger partial charge < -0.3 is 10.2 Å². The van der Waals surface area contributed by atoms with Crippen LogP contribution in [0.5, 0.6) is 0 Å². The van der Waals surface area contributed by atoms with Gasteiger partial charge in [0.05, 0.1) is 6.54 Å². The second-order valence-corrected chi connectivity index (χ2v) is 8.35. The number of hydrogen-bond donors (Lipinski definition) is 1. The molecule has 0 unspecified atom stereocenters. The first-order valence-corrected chi connectivity index (χ1v) is 10.9. The van der Waals surface area contributed by atoms with E-state index in [1.807, 2.05) is 19.1 Å². The van der Waals surface area contributed by atoms with Crippen LogP contribution in [-0.2, 0) is 16.1 Å². The van der Waals surface area contributed by atoms with E-state index in [0.717, 1.165) is 10.0 Å². The van der Waals surface area contributed by atoms with Crippen molar-refractivity contribution in [1.82, 2.24) is 14.8 Å². The summed E-state index contributed by atoms with van der Waals surface area (Å²) in [4.78, 5) is 33.2. The highest BCUT2D eigenvalue weighted by Crippen LogP contribution is 2.20. The molecule has 2 aromatic rings. The summed E-state index contributed by atoms with van der Waals surface area (Å²) < 4.78 is 14.3. The number of likely N-dealkylation sites (tertiary alicyclic amines) is 1. The predicted octanol–water partition coefficient (Wildman–Crippen LogP) is 3.68. The van der Waals surface area contributed by atoms with Gasteiger partial charge in [-0.15, -0.1) is 0 Å². The number of rotatable bonds is 7. The monoisotopic (exact) mass is 476 g/mol. The Labute approximate surface area is 184 Å². The SMILES string of the molecule is CCN(Cc1cccc(F)c1)C(=O)CN1CCC(C(=O)Nc2ccc(Br)cn2)CC1. The van der Waals surface area contributed by atoms with Crippen molar-refractivity contribution in [2.45, 2.75) is 26.3 Å². The molecule has 1 aromatic heterocycles. The topological polar surface area (TPSA) is 65.5 Å². The number of amides is 2. The minimum absolute atomic E-state index is 0.0173. The Hall–Kier alpha value is -2.32. The lowest BCUT2D eigenvalue weighted by molar-refractivity contribution is -0.133. The van der Waals surface area contributed by atoms with Gasteiger partial charge in [-0.2, -0.15) is 0 Å². The van der Waals surface area contributed by atoms with Gasteiger partial charge in [0.25, 0.3) is 0 Å². The lowest BCUT2D eigenvalue weighted by atomic mass is 9.96. The van der Waals surface area contributed by atoms with Crippen LogP contribution >= 0.6 is 15.9 Å². The third-order valence-electron chi connectivity index (χ3n) is 5.29. The van der Waals surface area contributed by atoms with Crippen molar-refractivity contribution in [2.75, 3.05) is 31.5 Å². The Morgan fingerprint density at radius 3 is 2.67 bits per heavy atom. The molecule has 0 saturated carbocycles. The Morgan fingerprint density at radius 2 is 2.03 bits per heavy atom. The van der Waals surface area contributed by atoms with Crippen LogP contribution in [0.2, 0.25) is 0 Å². The summed E-state index contributed by atoms with van der Waals surface area (Å²) >= 11 is 3.32. The largest absolute Gasteiger partial charge is 0.338 e. The van der Waals surface area contributed by atoms with Gasteiger partial charge in [0.1, 0.15) is 11.6 Å². The number of hydrogen-bond acceptors (Lipinski definition) is 4. The maximum atomic E-state index is 13.4. The summed E-state index contributed by atoms with van der Waals surface area (Å²) in [6, 6.07) is 9.93. The van der Waals surface area contributed by atoms with Gasteiger partial charge >= 0.3 is 0 Å². The van der Waals surface area contributed by atoms with E-state index in [1.54, 1.807) is 23.2 Å². The van der Waals surface area contributed by atoms with E-state index in [2.05, 4.69) is 31.1 Å². The third-order valence-corrected chi connectivity index (χ3v) is 5.76. The highest BCUT2D eigenvalue weighted by Gasteiger charge is 2.27. The van der Waals surface area contributed by atoms with E-state index in [4.69, 9.17) is 0 Å². The molecule has 1 aliphatic rings. The van der Waals surface area contributed by atoms with Gasteiger partial charge in [-0.1, -0.05) is 12.1 Å². The number of aromatic nitrogens is 1. The molecule has 2 heterocycles. The summed E-state index contributed by atoms with van der Waals surface area (Å²) in [5.74, 6) is 0.142. The number of likely N-dealkylation sites (N-methyl/N-ethyl adjacent to an activating group) is 1. The number of pyridine rings is 1. The molecule has 1 aromatic carbocycles. The van der Waals surface area contributed by atoms with Gasteiger partial charge in [-0.25, -0.2) is 9.37 Å². The van der Waals surface area contributed by atoms with Gasteiger partial charge in [0.15, 0.2) is 0 Å². The molecule has 0 aliphatic carbocycles. The van der Waals surface area contributed by atoms with E-state index in [0.29, 0.717) is 51.4 Å². The molecule has 30 heavy (non-hydrogen) atoms. The van der Waals surface area contributed by atoms with E-state index in [9.17, 15) is 14.0 Å². The molecule has 1 aliphatic heterocycles. The van der Waals surface area contributed by atoms with Crippen molar-refractivity contribution in [1.29, 1.82) is 0 Å². The van der Waals surface area contributed by atoms with Crippen LogP contribution in [0.4, 0.5) is 10.2 Å². The molecule has 3 rings (SSSR count). The fraction of sp³-hybridized carbons (Fsp3) is 0.409. The lowest BCUT2D eigenvalue weighted by Crippen LogP contribution is -2.44. The number of nitrogens with zero attached hydrogens (tertiary/aromatic N) is 3. The van der Waals surface area contributed by atoms with Crippen molar-refractivity contribution in [3.63, 3.8) is 0 Å². The number of carbonyl (C=O) groups is 2. The van der Waals surface area contributed by atoms with E-state index >= 15 is 0 Å². The lowest BCUT2D eigenvalue weighted by Gasteiger charge is -2.32. The molecule has 1 saturated heterocycles. The first-order chi connectivity index (χ1) is 14.4. The molecule has 0 atom stereocenters. The average Bonchev–Trinajstić information content (AvgIpc) is 2.74. The highest BCUT2D eigenvalue weighted by atomic mass is 79.9. The van der Waals surface area contributed by atoms with Crippen LogP contribution in [0.1, 0.15) is 25.3 Å². The van der Waals surface area contributed by atoms with Gasteiger partial charge in [-0.3, -0.25) is 14.5 Å². The molecule has 6 nitrogen and oxygen atoms in total. The van der Waals surface area contributed by atoms with Crippen LogP contribution in [0, 0.1) is 11.7 Å². The quantitative estimate of drug-likeness (QED) is 0.661. The molecular formula is C22H26BrFN4O2. The maximum Gasteiger partial charge on any atom is 0.237 e. The summed E-state index contributed by atoms with van der Waals surface area (Å²) in [5.41, 5.74) is 0.780. The van der Waals surface area contributed by atoms with Crippen molar-refractivity contribution in [3.8, 4) is 0 Å². The Morgan fingerprint density at radius 1 is 1.27 bits per heavy atom. The first-order valence-electron chi connectivity index (χ1n) is 10.1. The molecule has 1 N–H and O–H groups in total. The minimum atomic E-state index is -0.297. The van der Waals surface area contributed by atoms with Gasteiger partial charge in [0, 0.05) is 29.7 Å².